The molecule has 2 amide bonds. The summed E-state index contributed by atoms with van der Waals surface area (Å²) in [6.07, 6.45) is 3.46. The van der Waals surface area contributed by atoms with Crippen LogP contribution >= 0.6 is 0 Å². The number of anilines is 1. The van der Waals surface area contributed by atoms with E-state index in [4.69, 9.17) is 0 Å². The molecule has 0 aliphatic carbocycles. The second-order valence-corrected chi connectivity index (χ2v) is 6.70. The molecule has 0 radical (unpaired) electrons. The predicted molar refractivity (Wildman–Crippen MR) is 106 cm³/mol. The molecule has 2 aromatic rings. The van der Waals surface area contributed by atoms with Crippen molar-refractivity contribution < 1.29 is 14.1 Å². The zero-order valence-corrected chi connectivity index (χ0v) is 16.5. The first-order valence-electron chi connectivity index (χ1n) is 9.73. The van der Waals surface area contributed by atoms with Gasteiger partial charge in [0.15, 0.2) is 5.82 Å². The summed E-state index contributed by atoms with van der Waals surface area (Å²) in [5, 5.41) is 6.48. The highest BCUT2D eigenvalue weighted by Gasteiger charge is 2.12. The Bertz CT molecular complexity index is 821. The Morgan fingerprint density at radius 3 is 2.57 bits per heavy atom. The number of rotatable bonds is 11. The fraction of sp³-hybridized carbons (Fsp3) is 0.500. The van der Waals surface area contributed by atoms with Crippen LogP contribution < -0.4 is 11.1 Å². The molecule has 8 heteroatoms. The number of benzene rings is 1. The maximum atomic E-state index is 12.2. The fourth-order valence-electron chi connectivity index (χ4n) is 2.97. The van der Waals surface area contributed by atoms with Gasteiger partial charge in [0.25, 0.3) is 0 Å². The molecule has 0 unspecified atom stereocenters. The van der Waals surface area contributed by atoms with Crippen molar-refractivity contribution in [2.75, 3.05) is 18.4 Å². The minimum Gasteiger partial charge on any atom is -0.343 e. The molecule has 152 valence electrons. The molecule has 0 saturated heterocycles. The van der Waals surface area contributed by atoms with Gasteiger partial charge in [0, 0.05) is 38.0 Å². The third-order valence-electron chi connectivity index (χ3n) is 4.20. The smallest absolute Gasteiger partial charge is 0.343 e. The number of nitrogens with one attached hydrogen (secondary N) is 2. The fourth-order valence-corrected chi connectivity index (χ4v) is 2.97. The quantitative estimate of drug-likeness (QED) is 0.615. The van der Waals surface area contributed by atoms with E-state index in [2.05, 4.69) is 33.8 Å². The molecule has 0 atom stereocenters. The van der Waals surface area contributed by atoms with Gasteiger partial charge in [-0.15, -0.1) is 0 Å². The van der Waals surface area contributed by atoms with Gasteiger partial charge in [0.05, 0.1) is 0 Å². The first-order valence-corrected chi connectivity index (χ1v) is 9.73. The van der Waals surface area contributed by atoms with Crippen molar-refractivity contribution in [1.82, 2.24) is 15.0 Å². The Balaban J connectivity index is 1.80. The lowest BCUT2D eigenvalue weighted by atomic mass is 10.1. The van der Waals surface area contributed by atoms with E-state index >= 15 is 0 Å². The van der Waals surface area contributed by atoms with Crippen LogP contribution in [0, 0.1) is 0 Å². The number of aromatic nitrogens is 2. The number of aromatic amines is 1. The summed E-state index contributed by atoms with van der Waals surface area (Å²) in [4.78, 5) is 39.8. The van der Waals surface area contributed by atoms with Gasteiger partial charge in [-0.3, -0.25) is 19.1 Å². The molecule has 1 aromatic heterocycles. The average Bonchev–Trinajstić information content (AvgIpc) is 3.06. The number of carbonyl (C=O) groups is 2. The molecule has 8 nitrogen and oxygen atoms in total. The second kappa shape index (κ2) is 11.1. The summed E-state index contributed by atoms with van der Waals surface area (Å²) in [6.45, 7) is 5.64. The van der Waals surface area contributed by atoms with Crippen molar-refractivity contribution in [3.05, 3.63) is 46.2 Å². The summed E-state index contributed by atoms with van der Waals surface area (Å²) in [5.41, 5.74) is 1.55. The first kappa shape index (κ1) is 21.4. The van der Waals surface area contributed by atoms with Crippen LogP contribution in [0.5, 0.6) is 0 Å². The molecule has 28 heavy (non-hydrogen) atoms. The largest absolute Gasteiger partial charge is 0.438 e. The van der Waals surface area contributed by atoms with Crippen LogP contribution in [0.1, 0.15) is 57.3 Å². The third kappa shape index (κ3) is 7.02. The van der Waals surface area contributed by atoms with E-state index in [1.54, 1.807) is 6.07 Å². The molecular weight excluding hydrogens is 360 g/mol. The zero-order chi connectivity index (χ0) is 20.4. The van der Waals surface area contributed by atoms with Gasteiger partial charge in [-0.2, -0.15) is 0 Å². The van der Waals surface area contributed by atoms with Gasteiger partial charge in [-0.05, 0) is 37.0 Å². The number of H-pyrrole nitrogens is 1. The molecular formula is C20H28N4O4. The second-order valence-electron chi connectivity index (χ2n) is 6.70. The van der Waals surface area contributed by atoms with E-state index in [1.165, 1.54) is 0 Å². The Morgan fingerprint density at radius 1 is 1.18 bits per heavy atom. The van der Waals surface area contributed by atoms with Crippen molar-refractivity contribution in [3.63, 3.8) is 0 Å². The average molecular weight is 388 g/mol. The highest BCUT2D eigenvalue weighted by molar-refractivity contribution is 5.91. The highest BCUT2D eigenvalue weighted by Crippen LogP contribution is 2.14. The van der Waals surface area contributed by atoms with Crippen LogP contribution in [-0.4, -0.2) is 39.9 Å². The van der Waals surface area contributed by atoms with Gasteiger partial charge < -0.3 is 10.2 Å². The van der Waals surface area contributed by atoms with E-state index in [0.717, 1.165) is 31.5 Å². The normalized spacial score (nSPS) is 10.6. The van der Waals surface area contributed by atoms with Crippen molar-refractivity contribution in [2.24, 2.45) is 0 Å². The summed E-state index contributed by atoms with van der Waals surface area (Å²) in [5.74, 6) is -0.182. The van der Waals surface area contributed by atoms with Crippen LogP contribution in [0.15, 0.2) is 33.6 Å². The van der Waals surface area contributed by atoms with Gasteiger partial charge in [0.2, 0.25) is 11.8 Å². The zero-order valence-electron chi connectivity index (χ0n) is 16.5. The van der Waals surface area contributed by atoms with Crippen molar-refractivity contribution in [1.29, 1.82) is 0 Å². The first-order chi connectivity index (χ1) is 13.5. The molecule has 0 fully saturated rings. The van der Waals surface area contributed by atoms with E-state index in [9.17, 15) is 14.4 Å². The van der Waals surface area contributed by atoms with Crippen molar-refractivity contribution in [2.45, 2.75) is 52.4 Å². The van der Waals surface area contributed by atoms with E-state index in [1.807, 2.05) is 23.1 Å². The van der Waals surface area contributed by atoms with E-state index < -0.39 is 5.76 Å². The molecule has 0 aliphatic rings. The van der Waals surface area contributed by atoms with Gasteiger partial charge >= 0.3 is 5.76 Å². The molecule has 0 aliphatic heterocycles. The Kier molecular flexibility index (Phi) is 8.45. The molecule has 2 rings (SSSR count). The number of hydrogen-bond acceptors (Lipinski definition) is 5. The maximum absolute atomic E-state index is 12.2. The Labute approximate surface area is 164 Å². The number of amides is 2. The minimum atomic E-state index is -0.592. The lowest BCUT2D eigenvalue weighted by Gasteiger charge is -2.21. The standard InChI is InChI=1S/C20H28N4O4/c1-3-11-24(12-4-2)19(26)10-6-9-18(25)21-16-8-5-7-15(13-16)14-17-22-20(27)28-23-17/h5,7-8,13H,3-4,6,9-12,14H2,1-2H3,(H,21,25)(H,22,23,27). The van der Waals surface area contributed by atoms with Crippen LogP contribution in [0.3, 0.4) is 0 Å². The maximum Gasteiger partial charge on any atom is 0.438 e. The topological polar surface area (TPSA) is 108 Å². The van der Waals surface area contributed by atoms with E-state index in [-0.39, 0.29) is 11.8 Å². The molecule has 1 heterocycles. The lowest BCUT2D eigenvalue weighted by molar-refractivity contribution is -0.131. The molecule has 1 aromatic carbocycles. The van der Waals surface area contributed by atoms with Crippen molar-refractivity contribution in [3.8, 4) is 0 Å². The monoisotopic (exact) mass is 388 g/mol. The number of carbonyl (C=O) groups excluding carboxylic acids is 2. The van der Waals surface area contributed by atoms with Crippen LogP contribution in [0.2, 0.25) is 0 Å². The summed E-state index contributed by atoms with van der Waals surface area (Å²) in [6, 6.07) is 7.31. The van der Waals surface area contributed by atoms with Gasteiger partial charge in [-0.1, -0.05) is 31.1 Å². The van der Waals surface area contributed by atoms with Crippen LogP contribution in [0.4, 0.5) is 5.69 Å². The molecule has 0 saturated carbocycles. The van der Waals surface area contributed by atoms with Gasteiger partial charge in [0.1, 0.15) is 0 Å². The summed E-state index contributed by atoms with van der Waals surface area (Å²) < 4.78 is 4.48. The Morgan fingerprint density at radius 2 is 1.93 bits per heavy atom. The van der Waals surface area contributed by atoms with E-state index in [0.29, 0.717) is 37.2 Å². The predicted octanol–water partition coefficient (Wildman–Crippen LogP) is 2.71. The molecule has 0 spiro atoms. The minimum absolute atomic E-state index is 0.111. The van der Waals surface area contributed by atoms with Gasteiger partial charge in [-0.25, -0.2) is 4.79 Å². The molecule has 2 N–H and O–H groups in total. The van der Waals surface area contributed by atoms with Crippen LogP contribution in [-0.2, 0) is 16.0 Å². The van der Waals surface area contributed by atoms with Crippen molar-refractivity contribution >= 4 is 17.5 Å². The number of nitrogens with zero attached hydrogens (tertiary/aromatic N) is 2. The highest BCUT2D eigenvalue weighted by atomic mass is 16.5. The van der Waals surface area contributed by atoms with Crippen LogP contribution in [0.25, 0.3) is 0 Å². The Hall–Kier alpha value is -2.90. The summed E-state index contributed by atoms with van der Waals surface area (Å²) >= 11 is 0. The SMILES string of the molecule is CCCN(CCC)C(=O)CCCC(=O)Nc1cccc(Cc2noc(=O)[nH]2)c1. The number of hydrogen-bond donors (Lipinski definition) is 2. The lowest BCUT2D eigenvalue weighted by Crippen LogP contribution is -2.32. The summed E-state index contributed by atoms with van der Waals surface area (Å²) in [7, 11) is 0. The third-order valence-corrected chi connectivity index (χ3v) is 4.20. The molecule has 0 bridgehead atoms.